The first kappa shape index (κ1) is 18.4. The highest BCUT2D eigenvalue weighted by Crippen LogP contribution is 2.48. The van der Waals surface area contributed by atoms with Crippen LogP contribution in [0, 0.1) is 0 Å². The largest absolute Gasteiger partial charge is 0.497 e. The van der Waals surface area contributed by atoms with Gasteiger partial charge in [-0.15, -0.1) is 0 Å². The number of ether oxygens (including phenoxy) is 4. The zero-order chi connectivity index (χ0) is 20.9. The van der Waals surface area contributed by atoms with E-state index in [1.165, 1.54) is 0 Å². The number of methoxy groups -OCH3 is 1. The molecule has 3 aliphatic rings. The van der Waals surface area contributed by atoms with Crippen LogP contribution in [0.2, 0.25) is 5.02 Å². The number of hydrazone groups is 1. The molecule has 3 aliphatic heterocycles. The second kappa shape index (κ2) is 7.10. The van der Waals surface area contributed by atoms with Crippen LogP contribution in [0.3, 0.4) is 0 Å². The van der Waals surface area contributed by atoms with Gasteiger partial charge in [0.2, 0.25) is 13.0 Å². The number of rotatable bonds is 3. The summed E-state index contributed by atoms with van der Waals surface area (Å²) in [5.41, 5.74) is 3.98. The lowest BCUT2D eigenvalue weighted by atomic mass is 9.95. The van der Waals surface area contributed by atoms with E-state index in [-0.39, 0.29) is 19.1 Å². The summed E-state index contributed by atoms with van der Waals surface area (Å²) in [6.45, 7) is 0.248. The van der Waals surface area contributed by atoms with Gasteiger partial charge in [0.25, 0.3) is 0 Å². The fraction of sp³-hybridized carbons (Fsp3) is 0.208. The van der Waals surface area contributed by atoms with Gasteiger partial charge in [0.1, 0.15) is 11.5 Å². The van der Waals surface area contributed by atoms with Crippen LogP contribution in [0.5, 0.6) is 23.0 Å². The van der Waals surface area contributed by atoms with Crippen molar-refractivity contribution in [3.05, 3.63) is 82.4 Å². The highest BCUT2D eigenvalue weighted by Gasteiger charge is 2.41. The molecule has 3 aromatic carbocycles. The van der Waals surface area contributed by atoms with E-state index in [2.05, 4.69) is 0 Å². The summed E-state index contributed by atoms with van der Waals surface area (Å²) < 4.78 is 22.8. The first-order valence-electron chi connectivity index (χ1n) is 10.1. The Hall–Kier alpha value is -3.38. The van der Waals surface area contributed by atoms with Gasteiger partial charge < -0.3 is 18.9 Å². The van der Waals surface area contributed by atoms with Gasteiger partial charge in [-0.1, -0.05) is 23.7 Å². The molecule has 3 heterocycles. The van der Waals surface area contributed by atoms with Crippen LogP contribution in [0.4, 0.5) is 0 Å². The topological polar surface area (TPSA) is 52.5 Å². The second-order valence-electron chi connectivity index (χ2n) is 7.64. The summed E-state index contributed by atoms with van der Waals surface area (Å²) in [6, 6.07) is 19.6. The van der Waals surface area contributed by atoms with Gasteiger partial charge in [-0.3, -0.25) is 0 Å². The van der Waals surface area contributed by atoms with Crippen molar-refractivity contribution in [3.8, 4) is 23.0 Å². The number of nitrogens with zero attached hydrogens (tertiary/aromatic N) is 2. The van der Waals surface area contributed by atoms with Crippen molar-refractivity contribution >= 4 is 17.3 Å². The Kier molecular flexibility index (Phi) is 4.21. The van der Waals surface area contributed by atoms with Gasteiger partial charge in [0.05, 0.1) is 18.9 Å². The van der Waals surface area contributed by atoms with E-state index in [1.54, 1.807) is 7.11 Å². The van der Waals surface area contributed by atoms with E-state index in [4.69, 9.17) is 35.6 Å². The summed E-state index contributed by atoms with van der Waals surface area (Å²) in [6.07, 6.45) is 0.358. The van der Waals surface area contributed by atoms with Gasteiger partial charge in [-0.2, -0.15) is 5.10 Å². The molecule has 0 aliphatic carbocycles. The highest BCUT2D eigenvalue weighted by atomic mass is 35.5. The third-order valence-electron chi connectivity index (χ3n) is 5.84. The number of hydrogen-bond donors (Lipinski definition) is 0. The lowest BCUT2D eigenvalue weighted by Gasteiger charge is -2.38. The lowest BCUT2D eigenvalue weighted by Crippen LogP contribution is -2.33. The van der Waals surface area contributed by atoms with E-state index in [0.717, 1.165) is 51.8 Å². The van der Waals surface area contributed by atoms with Gasteiger partial charge in [-0.05, 0) is 48.5 Å². The Morgan fingerprint density at radius 1 is 1.00 bits per heavy atom. The Labute approximate surface area is 184 Å². The molecule has 0 bridgehead atoms. The number of benzene rings is 3. The van der Waals surface area contributed by atoms with Crippen LogP contribution in [0.25, 0.3) is 0 Å². The minimum atomic E-state index is -0.375. The zero-order valence-corrected chi connectivity index (χ0v) is 17.5. The Bertz CT molecular complexity index is 1210. The molecule has 0 amide bonds. The van der Waals surface area contributed by atoms with Gasteiger partial charge in [-0.25, -0.2) is 5.01 Å². The fourth-order valence-corrected chi connectivity index (χ4v) is 4.50. The number of fused-ring (bicyclic) bond motifs is 4. The minimum absolute atomic E-state index is 0.0130. The third kappa shape index (κ3) is 3.06. The van der Waals surface area contributed by atoms with Gasteiger partial charge >= 0.3 is 0 Å². The summed E-state index contributed by atoms with van der Waals surface area (Å²) in [4.78, 5) is 0. The molecule has 7 heteroatoms. The average Bonchev–Trinajstić information content (AvgIpc) is 3.45. The van der Waals surface area contributed by atoms with Crippen molar-refractivity contribution in [1.82, 2.24) is 5.01 Å². The van der Waals surface area contributed by atoms with E-state index in [9.17, 15) is 0 Å². The SMILES string of the molecule is COc1cccc([C@H]2Oc3ccc(Cl)cc3[C@@H]3CC(c4ccc5c(c4)OCO5)=NN23)c1. The maximum Gasteiger partial charge on any atom is 0.231 e. The molecule has 0 saturated carbocycles. The first-order valence-corrected chi connectivity index (χ1v) is 10.4. The van der Waals surface area contributed by atoms with Crippen molar-refractivity contribution in [3.63, 3.8) is 0 Å². The maximum absolute atomic E-state index is 6.40. The Morgan fingerprint density at radius 2 is 1.87 bits per heavy atom. The Balaban J connectivity index is 1.44. The van der Waals surface area contributed by atoms with Crippen molar-refractivity contribution in [2.75, 3.05) is 13.9 Å². The van der Waals surface area contributed by atoms with Crippen LogP contribution in [0.15, 0.2) is 65.8 Å². The van der Waals surface area contributed by atoms with Crippen LogP contribution < -0.4 is 18.9 Å². The van der Waals surface area contributed by atoms with E-state index in [0.29, 0.717) is 5.02 Å². The van der Waals surface area contributed by atoms with E-state index < -0.39 is 0 Å². The summed E-state index contributed by atoms with van der Waals surface area (Å²) in [5, 5.41) is 7.69. The van der Waals surface area contributed by atoms with Crippen molar-refractivity contribution in [1.29, 1.82) is 0 Å². The average molecular weight is 435 g/mol. The number of hydrogen-bond acceptors (Lipinski definition) is 6. The Morgan fingerprint density at radius 3 is 2.77 bits per heavy atom. The summed E-state index contributed by atoms with van der Waals surface area (Å²) >= 11 is 6.32. The molecular formula is C24H19ClN2O4. The van der Waals surface area contributed by atoms with E-state index >= 15 is 0 Å². The molecule has 6 rings (SSSR count). The molecular weight excluding hydrogens is 416 g/mol. The normalized spacial score (nSPS) is 20.6. The molecule has 156 valence electrons. The molecule has 0 fully saturated rings. The fourth-order valence-electron chi connectivity index (χ4n) is 4.32. The standard InChI is InChI=1S/C24H19ClN2O4/c1-28-17-4-2-3-15(9-17)24-27-20(18-11-16(25)6-8-21(18)31-24)12-19(26-27)14-5-7-22-23(10-14)30-13-29-22/h2-11,20,24H,12-13H2,1H3/t20-,24+/m0/s1. The highest BCUT2D eigenvalue weighted by molar-refractivity contribution is 6.30. The van der Waals surface area contributed by atoms with Crippen molar-refractivity contribution in [2.45, 2.75) is 18.7 Å². The second-order valence-corrected chi connectivity index (χ2v) is 8.08. The van der Waals surface area contributed by atoms with Crippen LogP contribution in [0.1, 0.15) is 35.4 Å². The van der Waals surface area contributed by atoms with Crippen molar-refractivity contribution in [2.24, 2.45) is 5.10 Å². The van der Waals surface area contributed by atoms with Crippen LogP contribution >= 0.6 is 11.6 Å². The molecule has 2 atom stereocenters. The molecule has 31 heavy (non-hydrogen) atoms. The summed E-state index contributed by atoms with van der Waals surface area (Å²) in [5.74, 6) is 3.10. The molecule has 0 aromatic heterocycles. The van der Waals surface area contributed by atoms with Crippen LogP contribution in [-0.2, 0) is 0 Å². The minimum Gasteiger partial charge on any atom is -0.497 e. The van der Waals surface area contributed by atoms with Gasteiger partial charge in [0.15, 0.2) is 11.5 Å². The lowest BCUT2D eigenvalue weighted by molar-refractivity contribution is -0.0191. The molecule has 6 nitrogen and oxygen atoms in total. The first-order chi connectivity index (χ1) is 15.2. The monoisotopic (exact) mass is 434 g/mol. The van der Waals surface area contributed by atoms with E-state index in [1.807, 2.05) is 65.7 Å². The molecule has 0 radical (unpaired) electrons. The third-order valence-corrected chi connectivity index (χ3v) is 6.07. The molecule has 3 aromatic rings. The zero-order valence-electron chi connectivity index (χ0n) is 16.7. The van der Waals surface area contributed by atoms with Crippen molar-refractivity contribution < 1.29 is 18.9 Å². The molecule has 0 unspecified atom stereocenters. The quantitative estimate of drug-likeness (QED) is 0.558. The molecule has 0 N–H and O–H groups in total. The summed E-state index contributed by atoms with van der Waals surface area (Å²) in [7, 11) is 1.66. The predicted octanol–water partition coefficient (Wildman–Crippen LogP) is 5.32. The predicted molar refractivity (Wildman–Crippen MR) is 116 cm³/mol. The molecule has 0 saturated heterocycles. The maximum atomic E-state index is 6.40. The number of halogens is 1. The van der Waals surface area contributed by atoms with Crippen LogP contribution in [-0.4, -0.2) is 24.6 Å². The smallest absolute Gasteiger partial charge is 0.231 e. The van der Waals surface area contributed by atoms with Gasteiger partial charge in [0, 0.05) is 28.1 Å². The molecule has 0 spiro atoms.